The molecule has 0 bridgehead atoms. The summed E-state index contributed by atoms with van der Waals surface area (Å²) in [4.78, 5) is 13.6. The molecule has 0 saturated heterocycles. The minimum Gasteiger partial charge on any atom is -0.497 e. The number of anilines is 2. The number of rotatable bonds is 6. The number of esters is 1. The molecule has 7 nitrogen and oxygen atoms in total. The van der Waals surface area contributed by atoms with Gasteiger partial charge in [0.15, 0.2) is 5.11 Å². The summed E-state index contributed by atoms with van der Waals surface area (Å²) in [6.07, 6.45) is 7.71. The number of aromatic nitrogens is 2. The van der Waals surface area contributed by atoms with E-state index < -0.39 is 0 Å². The Morgan fingerprint density at radius 1 is 1.26 bits per heavy atom. The number of aryl methyl sites for hydroxylation is 1. The predicted molar refractivity (Wildman–Crippen MR) is 126 cm³/mol. The first kappa shape index (κ1) is 21.3. The van der Waals surface area contributed by atoms with Gasteiger partial charge in [0.25, 0.3) is 0 Å². The Morgan fingerprint density at radius 2 is 2.10 bits per heavy atom. The van der Waals surface area contributed by atoms with Crippen LogP contribution >= 0.6 is 23.6 Å². The second-order valence-electron chi connectivity index (χ2n) is 7.26. The minimum atomic E-state index is -0.323. The first-order valence-corrected chi connectivity index (χ1v) is 11.3. The van der Waals surface area contributed by atoms with E-state index >= 15 is 0 Å². The number of nitrogens with zero attached hydrogens (tertiary/aromatic N) is 2. The largest absolute Gasteiger partial charge is 0.497 e. The molecule has 1 aliphatic rings. The van der Waals surface area contributed by atoms with Crippen LogP contribution in [0, 0.1) is 0 Å². The monoisotopic (exact) mass is 456 g/mol. The third-order valence-corrected chi connectivity index (χ3v) is 6.57. The number of carbonyl (C=O) groups is 1. The van der Waals surface area contributed by atoms with Crippen LogP contribution in [-0.2, 0) is 24.1 Å². The van der Waals surface area contributed by atoms with Crippen molar-refractivity contribution in [2.24, 2.45) is 0 Å². The maximum absolute atomic E-state index is 12.4. The van der Waals surface area contributed by atoms with Gasteiger partial charge < -0.3 is 20.1 Å². The van der Waals surface area contributed by atoms with Crippen LogP contribution in [0.2, 0.25) is 0 Å². The van der Waals surface area contributed by atoms with Crippen LogP contribution in [0.15, 0.2) is 36.7 Å². The Morgan fingerprint density at radius 3 is 2.90 bits per heavy atom. The average molecular weight is 457 g/mol. The zero-order chi connectivity index (χ0) is 21.8. The Balaban J connectivity index is 1.44. The van der Waals surface area contributed by atoms with Gasteiger partial charge in [0.05, 0.1) is 38.2 Å². The molecule has 0 saturated carbocycles. The van der Waals surface area contributed by atoms with Crippen molar-refractivity contribution in [3.63, 3.8) is 0 Å². The summed E-state index contributed by atoms with van der Waals surface area (Å²) in [5.41, 5.74) is 3.56. The minimum absolute atomic E-state index is 0.323. The molecule has 2 heterocycles. The topological polar surface area (TPSA) is 77.4 Å². The van der Waals surface area contributed by atoms with E-state index in [1.54, 1.807) is 24.6 Å². The molecule has 0 unspecified atom stereocenters. The molecule has 0 aliphatic heterocycles. The number of carbonyl (C=O) groups excluding carboxylic acids is 1. The average Bonchev–Trinajstić information content (AvgIpc) is 3.36. The molecule has 162 valence electrons. The van der Waals surface area contributed by atoms with Gasteiger partial charge in [0.2, 0.25) is 0 Å². The molecule has 2 N–H and O–H groups in total. The van der Waals surface area contributed by atoms with Crippen LogP contribution in [0.1, 0.15) is 39.2 Å². The number of ether oxygens (including phenoxy) is 2. The highest BCUT2D eigenvalue weighted by atomic mass is 32.1. The number of hydrogen-bond acceptors (Lipinski definition) is 6. The lowest BCUT2D eigenvalue weighted by Crippen LogP contribution is -2.20. The lowest BCUT2D eigenvalue weighted by molar-refractivity contribution is 0.0601. The van der Waals surface area contributed by atoms with Crippen LogP contribution in [-0.4, -0.2) is 35.1 Å². The maximum Gasteiger partial charge on any atom is 0.341 e. The number of thiophene rings is 1. The Bertz CT molecular complexity index is 1110. The van der Waals surface area contributed by atoms with Crippen LogP contribution < -0.4 is 15.4 Å². The van der Waals surface area contributed by atoms with Crippen molar-refractivity contribution in [1.29, 1.82) is 0 Å². The van der Waals surface area contributed by atoms with Crippen LogP contribution in [0.3, 0.4) is 0 Å². The maximum atomic E-state index is 12.4. The van der Waals surface area contributed by atoms with Gasteiger partial charge in [-0.25, -0.2) is 4.79 Å². The molecule has 0 spiro atoms. The molecule has 2 aromatic heterocycles. The predicted octanol–water partition coefficient (Wildman–Crippen LogP) is 4.48. The first-order valence-electron chi connectivity index (χ1n) is 10.0. The molecule has 31 heavy (non-hydrogen) atoms. The number of hydrogen-bond donors (Lipinski definition) is 2. The molecule has 0 radical (unpaired) electrons. The highest BCUT2D eigenvalue weighted by molar-refractivity contribution is 7.80. The van der Waals surface area contributed by atoms with Crippen molar-refractivity contribution in [3.05, 3.63) is 58.2 Å². The zero-order valence-corrected chi connectivity index (χ0v) is 19.1. The van der Waals surface area contributed by atoms with Crippen molar-refractivity contribution in [2.45, 2.75) is 32.2 Å². The van der Waals surface area contributed by atoms with E-state index in [9.17, 15) is 4.79 Å². The van der Waals surface area contributed by atoms with Crippen molar-refractivity contribution in [2.75, 3.05) is 24.9 Å². The van der Waals surface area contributed by atoms with Gasteiger partial charge in [-0.05, 0) is 61.2 Å². The van der Waals surface area contributed by atoms with Crippen molar-refractivity contribution < 1.29 is 14.3 Å². The van der Waals surface area contributed by atoms with Crippen LogP contribution in [0.4, 0.5) is 10.7 Å². The summed E-state index contributed by atoms with van der Waals surface area (Å²) in [5.74, 6) is 0.490. The van der Waals surface area contributed by atoms with E-state index in [0.717, 1.165) is 53.2 Å². The SMILES string of the molecule is COC(=O)c1c(NC(=S)Nc2cnn(Cc3cccc(OC)c3)c2)sc2c1CCCC2. The zero-order valence-electron chi connectivity index (χ0n) is 17.4. The normalized spacial score (nSPS) is 12.7. The molecule has 4 rings (SSSR count). The molecule has 9 heteroatoms. The fourth-order valence-electron chi connectivity index (χ4n) is 3.71. The standard InChI is InChI=1S/C22H24N4O3S2/c1-28-16-7-5-6-14(10-16)12-26-13-15(11-23-26)24-22(30)25-20-19(21(27)29-2)17-8-3-4-9-18(17)31-20/h5-7,10-11,13H,3-4,8-9,12H2,1-2H3,(H2,24,25,30). The van der Waals surface area contributed by atoms with Gasteiger partial charge in [-0.15, -0.1) is 11.3 Å². The molecule has 0 amide bonds. The lowest BCUT2D eigenvalue weighted by atomic mass is 9.95. The second kappa shape index (κ2) is 9.49. The van der Waals surface area contributed by atoms with Gasteiger partial charge in [-0.1, -0.05) is 12.1 Å². The molecule has 0 atom stereocenters. The second-order valence-corrected chi connectivity index (χ2v) is 8.78. The van der Waals surface area contributed by atoms with Gasteiger partial charge in [0.1, 0.15) is 10.8 Å². The molecule has 1 aliphatic carbocycles. The Hall–Kier alpha value is -2.91. The highest BCUT2D eigenvalue weighted by Crippen LogP contribution is 2.38. The fraction of sp³-hybridized carbons (Fsp3) is 0.318. The van der Waals surface area contributed by atoms with Crippen molar-refractivity contribution in [3.8, 4) is 5.75 Å². The fourth-order valence-corrected chi connectivity index (χ4v) is 5.28. The van der Waals surface area contributed by atoms with E-state index in [1.807, 2.05) is 35.1 Å². The summed E-state index contributed by atoms with van der Waals surface area (Å²) in [6.45, 7) is 0.614. The Labute approximate surface area is 190 Å². The number of fused-ring (bicyclic) bond motifs is 1. The molecule has 0 fully saturated rings. The summed E-state index contributed by atoms with van der Waals surface area (Å²) >= 11 is 7.07. The molecular formula is C22H24N4O3S2. The third-order valence-electron chi connectivity index (χ3n) is 5.16. The molecule has 1 aromatic carbocycles. The first-order chi connectivity index (χ1) is 15.1. The third kappa shape index (κ3) is 4.88. The number of methoxy groups -OCH3 is 2. The van der Waals surface area contributed by atoms with Gasteiger partial charge in [-0.3, -0.25) is 4.68 Å². The van der Waals surface area contributed by atoms with Gasteiger partial charge >= 0.3 is 5.97 Å². The number of benzene rings is 1. The summed E-state index contributed by atoms with van der Waals surface area (Å²) in [7, 11) is 3.06. The quantitative estimate of drug-likeness (QED) is 0.418. The summed E-state index contributed by atoms with van der Waals surface area (Å²) in [6, 6.07) is 7.87. The highest BCUT2D eigenvalue weighted by Gasteiger charge is 2.26. The summed E-state index contributed by atoms with van der Waals surface area (Å²) < 4.78 is 12.1. The smallest absolute Gasteiger partial charge is 0.341 e. The van der Waals surface area contributed by atoms with E-state index in [2.05, 4.69) is 15.7 Å². The van der Waals surface area contributed by atoms with E-state index in [0.29, 0.717) is 17.2 Å². The Kier molecular flexibility index (Phi) is 6.53. The molecular weight excluding hydrogens is 432 g/mol. The lowest BCUT2D eigenvalue weighted by Gasteiger charge is -2.12. The number of thiocarbonyl (C=S) groups is 1. The van der Waals surface area contributed by atoms with E-state index in [1.165, 1.54) is 12.0 Å². The summed E-state index contributed by atoms with van der Waals surface area (Å²) in [5, 5.41) is 11.9. The van der Waals surface area contributed by atoms with Gasteiger partial charge in [-0.2, -0.15) is 5.10 Å². The number of nitrogens with one attached hydrogen (secondary N) is 2. The van der Waals surface area contributed by atoms with E-state index in [-0.39, 0.29) is 5.97 Å². The van der Waals surface area contributed by atoms with Gasteiger partial charge in [0, 0.05) is 11.1 Å². The van der Waals surface area contributed by atoms with Crippen LogP contribution in [0.5, 0.6) is 5.75 Å². The molecule has 3 aromatic rings. The van der Waals surface area contributed by atoms with E-state index in [4.69, 9.17) is 21.7 Å². The van der Waals surface area contributed by atoms with Crippen molar-refractivity contribution >= 4 is 45.3 Å². The van der Waals surface area contributed by atoms with Crippen molar-refractivity contribution in [1.82, 2.24) is 9.78 Å². The van der Waals surface area contributed by atoms with Crippen LogP contribution in [0.25, 0.3) is 0 Å².